The van der Waals surface area contributed by atoms with E-state index in [-0.39, 0.29) is 18.7 Å². The van der Waals surface area contributed by atoms with E-state index in [1.165, 1.54) is 29.2 Å². The summed E-state index contributed by atoms with van der Waals surface area (Å²) in [6.45, 7) is 2.14. The van der Waals surface area contributed by atoms with Gasteiger partial charge in [-0.05, 0) is 24.6 Å². The molecule has 0 heterocycles. The van der Waals surface area contributed by atoms with Gasteiger partial charge in [0.25, 0.3) is 0 Å². The maximum absolute atomic E-state index is 12.3. The highest BCUT2D eigenvalue weighted by Gasteiger charge is 2.27. The molecule has 112 valence electrons. The number of carbonyl (C=O) groups is 1. The Kier molecular flexibility index (Phi) is 5.82. The number of halogens is 3. The van der Waals surface area contributed by atoms with Crippen LogP contribution in [0.3, 0.4) is 0 Å². The van der Waals surface area contributed by atoms with Gasteiger partial charge in [-0.3, -0.25) is 0 Å². The van der Waals surface area contributed by atoms with Crippen LogP contribution in [0, 0.1) is 0 Å². The van der Waals surface area contributed by atoms with Gasteiger partial charge in [-0.1, -0.05) is 12.1 Å². The minimum Gasteiger partial charge on any atom is -0.395 e. The second-order valence-electron chi connectivity index (χ2n) is 4.23. The molecule has 0 bridgehead atoms. The number of carbonyl (C=O) groups excluding carboxylic acids is 1. The molecule has 1 aromatic carbocycles. The maximum Gasteiger partial charge on any atom is 0.393 e. The van der Waals surface area contributed by atoms with Crippen molar-refractivity contribution in [2.45, 2.75) is 19.5 Å². The van der Waals surface area contributed by atoms with Gasteiger partial charge in [0.05, 0.1) is 13.0 Å². The summed E-state index contributed by atoms with van der Waals surface area (Å²) in [7, 11) is 0. The van der Waals surface area contributed by atoms with E-state index in [2.05, 4.69) is 5.32 Å². The minimum absolute atomic E-state index is 0.0838. The molecule has 0 atom stereocenters. The van der Waals surface area contributed by atoms with Crippen LogP contribution in [0.25, 0.3) is 0 Å². The van der Waals surface area contributed by atoms with Crippen molar-refractivity contribution in [3.63, 3.8) is 0 Å². The fraction of sp³-hybridized carbons (Fsp3) is 0.462. The molecule has 0 spiro atoms. The summed E-state index contributed by atoms with van der Waals surface area (Å²) in [4.78, 5) is 13.2. The molecule has 2 N–H and O–H groups in total. The van der Waals surface area contributed by atoms with Crippen molar-refractivity contribution in [1.82, 2.24) is 4.90 Å². The van der Waals surface area contributed by atoms with Crippen LogP contribution in [0.4, 0.5) is 23.7 Å². The van der Waals surface area contributed by atoms with E-state index in [4.69, 9.17) is 5.11 Å². The van der Waals surface area contributed by atoms with E-state index in [1.54, 1.807) is 6.92 Å². The number of rotatable bonds is 5. The van der Waals surface area contributed by atoms with Gasteiger partial charge >= 0.3 is 12.2 Å². The largest absolute Gasteiger partial charge is 0.395 e. The smallest absolute Gasteiger partial charge is 0.393 e. The van der Waals surface area contributed by atoms with Crippen LogP contribution in [-0.4, -0.2) is 41.9 Å². The van der Waals surface area contributed by atoms with Gasteiger partial charge in [-0.15, -0.1) is 0 Å². The topological polar surface area (TPSA) is 52.6 Å². The molecular weight excluding hydrogens is 273 g/mol. The third-order valence-corrected chi connectivity index (χ3v) is 2.62. The summed E-state index contributed by atoms with van der Waals surface area (Å²) in [5, 5.41) is 11.3. The lowest BCUT2D eigenvalue weighted by Gasteiger charge is -2.20. The average molecular weight is 290 g/mol. The first-order valence-electron chi connectivity index (χ1n) is 6.18. The summed E-state index contributed by atoms with van der Waals surface area (Å²) >= 11 is 0. The quantitative estimate of drug-likeness (QED) is 0.876. The molecule has 4 nitrogen and oxygen atoms in total. The van der Waals surface area contributed by atoms with Crippen LogP contribution >= 0.6 is 0 Å². The lowest BCUT2D eigenvalue weighted by atomic mass is 10.1. The SMILES string of the molecule is CCN(CCO)C(=O)Nc1cccc(CC(F)(F)F)c1. The monoisotopic (exact) mass is 290 g/mol. The standard InChI is InChI=1S/C13H17F3N2O2/c1-2-18(6-7-19)12(20)17-11-5-3-4-10(8-11)9-13(14,15)16/h3-5,8,19H,2,6-7,9H2,1H3,(H,17,20). The van der Waals surface area contributed by atoms with Crippen molar-refractivity contribution in [2.75, 3.05) is 25.0 Å². The third-order valence-electron chi connectivity index (χ3n) is 2.62. The van der Waals surface area contributed by atoms with E-state index >= 15 is 0 Å². The fourth-order valence-electron chi connectivity index (χ4n) is 1.72. The van der Waals surface area contributed by atoms with E-state index in [0.29, 0.717) is 12.2 Å². The molecule has 0 aliphatic heterocycles. The summed E-state index contributed by atoms with van der Waals surface area (Å²) < 4.78 is 36.9. The zero-order valence-electron chi connectivity index (χ0n) is 11.1. The zero-order valence-corrected chi connectivity index (χ0v) is 11.1. The Morgan fingerprint density at radius 1 is 1.40 bits per heavy atom. The van der Waals surface area contributed by atoms with Crippen LogP contribution in [0.1, 0.15) is 12.5 Å². The molecule has 0 saturated carbocycles. The maximum atomic E-state index is 12.3. The normalized spacial score (nSPS) is 11.2. The molecular formula is C13H17F3N2O2. The molecule has 0 aliphatic carbocycles. The van der Waals surface area contributed by atoms with Gasteiger partial charge in [0.2, 0.25) is 0 Å². The Hall–Kier alpha value is -1.76. The van der Waals surface area contributed by atoms with E-state index in [1.807, 2.05) is 0 Å². The fourth-order valence-corrected chi connectivity index (χ4v) is 1.72. The molecule has 7 heteroatoms. The van der Waals surface area contributed by atoms with Crippen molar-refractivity contribution < 1.29 is 23.1 Å². The Bertz CT molecular complexity index is 449. The number of aliphatic hydroxyl groups excluding tert-OH is 1. The predicted octanol–water partition coefficient (Wildman–Crippen LogP) is 2.64. The number of hydrogen-bond acceptors (Lipinski definition) is 2. The molecule has 0 aromatic heterocycles. The van der Waals surface area contributed by atoms with Crippen molar-refractivity contribution in [3.8, 4) is 0 Å². The second kappa shape index (κ2) is 7.14. The van der Waals surface area contributed by atoms with Crippen molar-refractivity contribution in [3.05, 3.63) is 29.8 Å². The van der Waals surface area contributed by atoms with Crippen molar-refractivity contribution in [2.24, 2.45) is 0 Å². The number of aliphatic hydroxyl groups is 1. The first-order chi connectivity index (χ1) is 9.35. The van der Waals surface area contributed by atoms with Gasteiger partial charge in [-0.25, -0.2) is 4.79 Å². The number of likely N-dealkylation sites (N-methyl/N-ethyl adjacent to an activating group) is 1. The Morgan fingerprint density at radius 3 is 2.65 bits per heavy atom. The number of nitrogens with one attached hydrogen (secondary N) is 1. The van der Waals surface area contributed by atoms with Gasteiger partial charge in [-0.2, -0.15) is 13.2 Å². The van der Waals surface area contributed by atoms with Crippen LogP contribution in [-0.2, 0) is 6.42 Å². The van der Waals surface area contributed by atoms with Crippen LogP contribution in [0.5, 0.6) is 0 Å². The third kappa shape index (κ3) is 5.48. The van der Waals surface area contributed by atoms with Crippen LogP contribution < -0.4 is 5.32 Å². The molecule has 20 heavy (non-hydrogen) atoms. The number of urea groups is 1. The van der Waals surface area contributed by atoms with Gasteiger partial charge in [0.15, 0.2) is 0 Å². The summed E-state index contributed by atoms with van der Waals surface area (Å²) in [5.41, 5.74) is 0.383. The summed E-state index contributed by atoms with van der Waals surface area (Å²) in [6, 6.07) is 5.17. The minimum atomic E-state index is -4.28. The lowest BCUT2D eigenvalue weighted by molar-refractivity contribution is -0.127. The molecule has 0 aliphatic rings. The number of amides is 2. The molecule has 0 radical (unpaired) electrons. The number of nitrogens with zero attached hydrogens (tertiary/aromatic N) is 1. The molecule has 1 aromatic rings. The highest BCUT2D eigenvalue weighted by atomic mass is 19.4. The van der Waals surface area contributed by atoms with Gasteiger partial charge in [0, 0.05) is 18.8 Å². The molecule has 2 amide bonds. The van der Waals surface area contributed by atoms with Gasteiger partial charge in [0.1, 0.15) is 0 Å². The summed E-state index contributed by atoms with van der Waals surface area (Å²) in [6.07, 6.45) is -5.32. The van der Waals surface area contributed by atoms with Crippen molar-refractivity contribution in [1.29, 1.82) is 0 Å². The van der Waals surface area contributed by atoms with E-state index in [0.717, 1.165) is 0 Å². The Labute approximate surface area is 115 Å². The molecule has 1 rings (SSSR count). The average Bonchev–Trinajstić information content (AvgIpc) is 2.34. The Morgan fingerprint density at radius 2 is 2.10 bits per heavy atom. The molecule has 0 unspecified atom stereocenters. The first-order valence-corrected chi connectivity index (χ1v) is 6.18. The molecule has 0 saturated heterocycles. The van der Waals surface area contributed by atoms with E-state index < -0.39 is 18.6 Å². The van der Waals surface area contributed by atoms with Crippen LogP contribution in [0.15, 0.2) is 24.3 Å². The highest BCUT2D eigenvalue weighted by Crippen LogP contribution is 2.22. The lowest BCUT2D eigenvalue weighted by Crippen LogP contribution is -2.36. The second-order valence-corrected chi connectivity index (χ2v) is 4.23. The number of anilines is 1. The zero-order chi connectivity index (χ0) is 15.2. The van der Waals surface area contributed by atoms with E-state index in [9.17, 15) is 18.0 Å². The summed E-state index contributed by atoms with van der Waals surface area (Å²) in [5.74, 6) is 0. The first kappa shape index (κ1) is 16.3. The van der Waals surface area contributed by atoms with Crippen LogP contribution in [0.2, 0.25) is 0 Å². The molecule has 0 fully saturated rings. The highest BCUT2D eigenvalue weighted by molar-refractivity contribution is 5.89. The van der Waals surface area contributed by atoms with Gasteiger partial charge < -0.3 is 15.3 Å². The van der Waals surface area contributed by atoms with Crippen molar-refractivity contribution >= 4 is 11.7 Å². The Balaban J connectivity index is 2.73. The number of alkyl halides is 3. The predicted molar refractivity (Wildman–Crippen MR) is 69.6 cm³/mol. The number of hydrogen-bond donors (Lipinski definition) is 2. The number of benzene rings is 1.